The molecule has 0 fully saturated rings. The van der Waals surface area contributed by atoms with Gasteiger partial charge in [0.25, 0.3) is 0 Å². The SMILES string of the molecule is Cc1ccc(OCc2sccc2Br)c(CCN)c1. The second kappa shape index (κ2) is 6.36. The number of benzene rings is 1. The zero-order valence-corrected chi connectivity index (χ0v) is 12.7. The molecule has 18 heavy (non-hydrogen) atoms. The number of hydrogen-bond acceptors (Lipinski definition) is 3. The fraction of sp³-hybridized carbons (Fsp3) is 0.286. The molecule has 0 amide bonds. The number of thiophene rings is 1. The Morgan fingerprint density at radius 3 is 2.83 bits per heavy atom. The summed E-state index contributed by atoms with van der Waals surface area (Å²) in [5.74, 6) is 0.936. The van der Waals surface area contributed by atoms with Crippen molar-refractivity contribution >= 4 is 27.3 Å². The standard InChI is InChI=1S/C14H16BrNOS/c1-10-2-3-13(11(8-10)4-6-16)17-9-14-12(15)5-7-18-14/h2-3,5,7-8H,4,6,9,16H2,1H3. The van der Waals surface area contributed by atoms with Gasteiger partial charge in [-0.3, -0.25) is 0 Å². The van der Waals surface area contributed by atoms with Crippen LogP contribution in [0.3, 0.4) is 0 Å². The molecule has 0 saturated carbocycles. The summed E-state index contributed by atoms with van der Waals surface area (Å²) in [7, 11) is 0. The van der Waals surface area contributed by atoms with E-state index in [1.807, 2.05) is 12.1 Å². The van der Waals surface area contributed by atoms with Gasteiger partial charge >= 0.3 is 0 Å². The highest BCUT2D eigenvalue weighted by atomic mass is 79.9. The van der Waals surface area contributed by atoms with E-state index in [0.717, 1.165) is 16.6 Å². The molecule has 2 nitrogen and oxygen atoms in total. The summed E-state index contributed by atoms with van der Waals surface area (Å²) < 4.78 is 7.01. The molecule has 0 bridgehead atoms. The van der Waals surface area contributed by atoms with Gasteiger partial charge in [-0.2, -0.15) is 0 Å². The van der Waals surface area contributed by atoms with Crippen molar-refractivity contribution in [1.29, 1.82) is 0 Å². The predicted molar refractivity (Wildman–Crippen MR) is 80.3 cm³/mol. The molecule has 1 aromatic carbocycles. The van der Waals surface area contributed by atoms with Crippen molar-refractivity contribution in [1.82, 2.24) is 0 Å². The van der Waals surface area contributed by atoms with Crippen molar-refractivity contribution in [3.8, 4) is 5.75 Å². The summed E-state index contributed by atoms with van der Waals surface area (Å²) in [5, 5.41) is 2.05. The smallest absolute Gasteiger partial charge is 0.124 e. The monoisotopic (exact) mass is 325 g/mol. The number of nitrogens with two attached hydrogens (primary N) is 1. The summed E-state index contributed by atoms with van der Waals surface area (Å²) in [6, 6.07) is 8.28. The lowest BCUT2D eigenvalue weighted by molar-refractivity contribution is 0.306. The first-order chi connectivity index (χ1) is 8.70. The van der Waals surface area contributed by atoms with Gasteiger partial charge in [-0.1, -0.05) is 17.7 Å². The first kappa shape index (κ1) is 13.6. The second-order valence-corrected chi connectivity index (χ2v) is 5.99. The highest BCUT2D eigenvalue weighted by Crippen LogP contribution is 2.26. The second-order valence-electron chi connectivity index (χ2n) is 4.13. The van der Waals surface area contributed by atoms with Crippen LogP contribution < -0.4 is 10.5 Å². The van der Waals surface area contributed by atoms with Gasteiger partial charge in [-0.25, -0.2) is 0 Å². The fourth-order valence-electron chi connectivity index (χ4n) is 1.77. The topological polar surface area (TPSA) is 35.2 Å². The average molecular weight is 326 g/mol. The number of hydrogen-bond donors (Lipinski definition) is 1. The Hall–Kier alpha value is -0.840. The maximum Gasteiger partial charge on any atom is 0.124 e. The quantitative estimate of drug-likeness (QED) is 0.904. The van der Waals surface area contributed by atoms with Crippen LogP contribution in [0.2, 0.25) is 0 Å². The molecule has 2 rings (SSSR count). The van der Waals surface area contributed by atoms with Gasteiger partial charge < -0.3 is 10.5 Å². The van der Waals surface area contributed by atoms with Gasteiger partial charge in [0.1, 0.15) is 12.4 Å². The van der Waals surface area contributed by atoms with Gasteiger partial charge in [0.15, 0.2) is 0 Å². The van der Waals surface area contributed by atoms with Crippen molar-refractivity contribution in [2.45, 2.75) is 20.0 Å². The van der Waals surface area contributed by atoms with E-state index in [9.17, 15) is 0 Å². The van der Waals surface area contributed by atoms with Crippen LogP contribution in [0.25, 0.3) is 0 Å². The van der Waals surface area contributed by atoms with Crippen LogP contribution in [0.4, 0.5) is 0 Å². The largest absolute Gasteiger partial charge is 0.488 e. The van der Waals surface area contributed by atoms with Gasteiger partial charge in [0, 0.05) is 4.47 Å². The minimum atomic E-state index is 0.596. The molecule has 1 heterocycles. The third-order valence-electron chi connectivity index (χ3n) is 2.68. The summed E-state index contributed by atoms with van der Waals surface area (Å²) in [6.45, 7) is 3.32. The molecule has 2 N–H and O–H groups in total. The summed E-state index contributed by atoms with van der Waals surface area (Å²) in [5.41, 5.74) is 8.06. The lowest BCUT2D eigenvalue weighted by atomic mass is 10.1. The van der Waals surface area contributed by atoms with Gasteiger partial charge in [-0.15, -0.1) is 11.3 Å². The predicted octanol–water partition coefficient (Wildman–Crippen LogP) is 3.90. The Kier molecular flexibility index (Phi) is 4.80. The van der Waals surface area contributed by atoms with Gasteiger partial charge in [0.2, 0.25) is 0 Å². The van der Waals surface area contributed by atoms with E-state index in [2.05, 4.69) is 40.4 Å². The van der Waals surface area contributed by atoms with Crippen LogP contribution in [-0.2, 0) is 13.0 Å². The highest BCUT2D eigenvalue weighted by Gasteiger charge is 2.06. The first-order valence-electron chi connectivity index (χ1n) is 5.85. The highest BCUT2D eigenvalue weighted by molar-refractivity contribution is 9.10. The molecule has 4 heteroatoms. The van der Waals surface area contributed by atoms with Crippen LogP contribution in [-0.4, -0.2) is 6.54 Å². The number of ether oxygens (including phenoxy) is 1. The van der Waals surface area contributed by atoms with Crippen molar-refractivity contribution in [2.24, 2.45) is 5.73 Å². The minimum absolute atomic E-state index is 0.596. The van der Waals surface area contributed by atoms with E-state index in [0.29, 0.717) is 13.2 Å². The fourth-order valence-corrected chi connectivity index (χ4v) is 3.15. The van der Waals surface area contributed by atoms with Crippen molar-refractivity contribution in [3.63, 3.8) is 0 Å². The summed E-state index contributed by atoms with van der Waals surface area (Å²) in [6.07, 6.45) is 0.850. The molecule has 0 saturated heterocycles. The number of aryl methyl sites for hydroxylation is 1. The van der Waals surface area contributed by atoms with Crippen LogP contribution >= 0.6 is 27.3 Å². The molecule has 1 aromatic heterocycles. The maximum atomic E-state index is 5.89. The van der Waals surface area contributed by atoms with E-state index >= 15 is 0 Å². The van der Waals surface area contributed by atoms with Crippen LogP contribution in [0.15, 0.2) is 34.1 Å². The lowest BCUT2D eigenvalue weighted by Gasteiger charge is -2.11. The van der Waals surface area contributed by atoms with Crippen molar-refractivity contribution < 1.29 is 4.74 Å². The molecule has 0 radical (unpaired) electrons. The molecule has 0 aliphatic heterocycles. The number of halogens is 1. The molecule has 0 unspecified atom stereocenters. The molecule has 0 aliphatic carbocycles. The number of rotatable bonds is 5. The lowest BCUT2D eigenvalue weighted by Crippen LogP contribution is -2.05. The zero-order chi connectivity index (χ0) is 13.0. The Balaban J connectivity index is 2.11. The molecule has 0 spiro atoms. The van der Waals surface area contributed by atoms with Crippen LogP contribution in [0.5, 0.6) is 5.75 Å². The Morgan fingerprint density at radius 1 is 1.33 bits per heavy atom. The van der Waals surface area contributed by atoms with Crippen LogP contribution in [0.1, 0.15) is 16.0 Å². The molecular weight excluding hydrogens is 310 g/mol. The van der Waals surface area contributed by atoms with E-state index in [1.54, 1.807) is 11.3 Å². The Labute approximate surface area is 120 Å². The van der Waals surface area contributed by atoms with Crippen LogP contribution in [0, 0.1) is 6.92 Å². The molecule has 0 aliphatic rings. The third kappa shape index (κ3) is 3.34. The van der Waals surface area contributed by atoms with E-state index in [1.165, 1.54) is 16.0 Å². The van der Waals surface area contributed by atoms with E-state index in [4.69, 9.17) is 10.5 Å². The maximum absolute atomic E-state index is 5.89. The van der Waals surface area contributed by atoms with Crippen molar-refractivity contribution in [3.05, 3.63) is 50.1 Å². The first-order valence-corrected chi connectivity index (χ1v) is 7.52. The third-order valence-corrected chi connectivity index (χ3v) is 4.58. The Morgan fingerprint density at radius 2 is 2.17 bits per heavy atom. The van der Waals surface area contributed by atoms with E-state index in [-0.39, 0.29) is 0 Å². The summed E-state index contributed by atoms with van der Waals surface area (Å²) in [4.78, 5) is 1.20. The Bertz CT molecular complexity index is 524. The zero-order valence-electron chi connectivity index (χ0n) is 10.3. The summed E-state index contributed by atoms with van der Waals surface area (Å²) >= 11 is 5.21. The normalized spacial score (nSPS) is 10.6. The van der Waals surface area contributed by atoms with E-state index < -0.39 is 0 Å². The molecular formula is C14H16BrNOS. The average Bonchev–Trinajstić information content (AvgIpc) is 2.74. The molecule has 96 valence electrons. The van der Waals surface area contributed by atoms with Gasteiger partial charge in [0.05, 0.1) is 4.88 Å². The van der Waals surface area contributed by atoms with Crippen molar-refractivity contribution in [2.75, 3.05) is 6.54 Å². The molecule has 0 atom stereocenters. The van der Waals surface area contributed by atoms with Gasteiger partial charge in [-0.05, 0) is 58.9 Å². The minimum Gasteiger partial charge on any atom is -0.488 e. The molecule has 2 aromatic rings.